The van der Waals surface area contributed by atoms with Crippen LogP contribution in [0.3, 0.4) is 0 Å². The van der Waals surface area contributed by atoms with Gasteiger partial charge in [-0.25, -0.2) is 9.37 Å². The quantitative estimate of drug-likeness (QED) is 0.803. The van der Waals surface area contributed by atoms with Crippen LogP contribution in [0.2, 0.25) is 0 Å². The predicted molar refractivity (Wildman–Crippen MR) is 80.1 cm³/mol. The van der Waals surface area contributed by atoms with Crippen molar-refractivity contribution in [3.05, 3.63) is 59.0 Å². The molecule has 3 N–H and O–H groups in total. The number of aromatic nitrogens is 1. The molecule has 0 aliphatic carbocycles. The Morgan fingerprint density at radius 1 is 1.41 bits per heavy atom. The van der Waals surface area contributed by atoms with E-state index in [9.17, 15) is 14.3 Å². The maximum Gasteiger partial charge on any atom is 0.252 e. The van der Waals surface area contributed by atoms with E-state index in [0.29, 0.717) is 11.4 Å². The first kappa shape index (κ1) is 14.5. The summed E-state index contributed by atoms with van der Waals surface area (Å²) in [6.07, 6.45) is 2.28. The number of aliphatic hydroxyl groups is 1. The third-order valence-corrected chi connectivity index (χ3v) is 3.74. The van der Waals surface area contributed by atoms with Crippen LogP contribution in [0.25, 0.3) is 0 Å². The highest BCUT2D eigenvalue weighted by molar-refractivity contribution is 5.97. The van der Waals surface area contributed by atoms with Gasteiger partial charge in [0.2, 0.25) is 0 Å². The van der Waals surface area contributed by atoms with Crippen LogP contribution in [0.5, 0.6) is 0 Å². The van der Waals surface area contributed by atoms with Crippen molar-refractivity contribution in [1.82, 2.24) is 10.3 Å². The summed E-state index contributed by atoms with van der Waals surface area (Å²) in [5.74, 6) is -0.0905. The first-order valence-corrected chi connectivity index (χ1v) is 7.08. The number of carbonyl (C=O) groups is 1. The second kappa shape index (κ2) is 6.11. The lowest BCUT2D eigenvalue weighted by Crippen LogP contribution is -2.32. The number of anilines is 1. The fourth-order valence-electron chi connectivity index (χ4n) is 2.63. The molecular formula is C16H16FN3O2. The van der Waals surface area contributed by atoms with Crippen molar-refractivity contribution < 1.29 is 14.3 Å². The van der Waals surface area contributed by atoms with Crippen LogP contribution in [0, 0.1) is 5.82 Å². The third kappa shape index (κ3) is 2.65. The lowest BCUT2D eigenvalue weighted by atomic mass is 10.0. The summed E-state index contributed by atoms with van der Waals surface area (Å²) in [6, 6.07) is 6.94. The highest BCUT2D eigenvalue weighted by atomic mass is 19.1. The normalized spacial score (nSPS) is 14.1. The zero-order valence-electron chi connectivity index (χ0n) is 11.8. The minimum absolute atomic E-state index is 0.266. The smallest absolute Gasteiger partial charge is 0.252 e. The van der Waals surface area contributed by atoms with Gasteiger partial charge < -0.3 is 15.7 Å². The SMILES string of the molecule is O=C(NC(CO)c1ccccc1F)c1ccnc2c1CCN2. The lowest BCUT2D eigenvalue weighted by molar-refractivity contribution is 0.0914. The second-order valence-electron chi connectivity index (χ2n) is 5.09. The number of nitrogens with one attached hydrogen (secondary N) is 2. The molecule has 0 spiro atoms. The van der Waals surface area contributed by atoms with Crippen molar-refractivity contribution in [3.8, 4) is 0 Å². The van der Waals surface area contributed by atoms with Gasteiger partial charge in [0.05, 0.1) is 12.6 Å². The summed E-state index contributed by atoms with van der Waals surface area (Å²) in [4.78, 5) is 16.6. The maximum atomic E-state index is 13.8. The van der Waals surface area contributed by atoms with Crippen LogP contribution in [0.4, 0.5) is 10.2 Å². The Morgan fingerprint density at radius 3 is 3.00 bits per heavy atom. The third-order valence-electron chi connectivity index (χ3n) is 3.74. The topological polar surface area (TPSA) is 74.2 Å². The molecule has 0 radical (unpaired) electrons. The number of amides is 1. The van der Waals surface area contributed by atoms with Gasteiger partial charge in [0.25, 0.3) is 5.91 Å². The minimum atomic E-state index is -0.785. The van der Waals surface area contributed by atoms with E-state index in [1.807, 2.05) is 0 Å². The largest absolute Gasteiger partial charge is 0.394 e. The number of benzene rings is 1. The first-order valence-electron chi connectivity index (χ1n) is 7.08. The van der Waals surface area contributed by atoms with Crippen molar-refractivity contribution >= 4 is 11.7 Å². The van der Waals surface area contributed by atoms with E-state index in [1.165, 1.54) is 6.07 Å². The molecule has 1 aromatic carbocycles. The molecule has 1 atom stereocenters. The van der Waals surface area contributed by atoms with E-state index >= 15 is 0 Å². The monoisotopic (exact) mass is 301 g/mol. The fraction of sp³-hybridized carbons (Fsp3) is 0.250. The van der Waals surface area contributed by atoms with Crippen molar-refractivity contribution in [3.63, 3.8) is 0 Å². The summed E-state index contributed by atoms with van der Waals surface area (Å²) >= 11 is 0. The van der Waals surface area contributed by atoms with Crippen molar-refractivity contribution in [1.29, 1.82) is 0 Å². The van der Waals surface area contributed by atoms with E-state index < -0.39 is 11.9 Å². The van der Waals surface area contributed by atoms with Crippen molar-refractivity contribution in [2.24, 2.45) is 0 Å². The number of fused-ring (bicyclic) bond motifs is 1. The van der Waals surface area contributed by atoms with Crippen LogP contribution in [0.15, 0.2) is 36.5 Å². The van der Waals surface area contributed by atoms with Crippen molar-refractivity contribution in [2.75, 3.05) is 18.5 Å². The summed E-state index contributed by atoms with van der Waals surface area (Å²) in [7, 11) is 0. The molecular weight excluding hydrogens is 285 g/mol. The Hall–Kier alpha value is -2.47. The van der Waals surface area contributed by atoms with Gasteiger partial charge in [-0.1, -0.05) is 18.2 Å². The Labute approximate surface area is 127 Å². The van der Waals surface area contributed by atoms with E-state index in [-0.39, 0.29) is 18.1 Å². The van der Waals surface area contributed by atoms with Gasteiger partial charge in [-0.15, -0.1) is 0 Å². The van der Waals surface area contributed by atoms with Gasteiger partial charge in [0, 0.05) is 29.4 Å². The molecule has 0 fully saturated rings. The highest BCUT2D eigenvalue weighted by Gasteiger charge is 2.23. The zero-order valence-corrected chi connectivity index (χ0v) is 11.8. The molecule has 1 aromatic heterocycles. The van der Waals surface area contributed by atoms with Crippen molar-refractivity contribution in [2.45, 2.75) is 12.5 Å². The predicted octanol–water partition coefficient (Wildman–Crippen LogP) is 1.65. The Morgan fingerprint density at radius 2 is 2.23 bits per heavy atom. The number of hydrogen-bond acceptors (Lipinski definition) is 4. The van der Waals surface area contributed by atoms with Gasteiger partial charge in [-0.2, -0.15) is 0 Å². The number of halogens is 1. The standard InChI is InChI=1S/C16H16FN3O2/c17-13-4-2-1-3-12(13)14(9-21)20-16(22)11-6-8-19-15-10(11)5-7-18-15/h1-4,6,8,14,21H,5,7,9H2,(H,18,19)(H,20,22). The average molecular weight is 301 g/mol. The van der Waals surface area contributed by atoms with Gasteiger partial charge in [-0.3, -0.25) is 4.79 Å². The van der Waals surface area contributed by atoms with E-state index in [1.54, 1.807) is 30.5 Å². The summed E-state index contributed by atoms with van der Waals surface area (Å²) < 4.78 is 13.8. The number of carbonyl (C=O) groups excluding carboxylic acids is 1. The zero-order chi connectivity index (χ0) is 15.5. The minimum Gasteiger partial charge on any atom is -0.394 e. The van der Waals surface area contributed by atoms with Gasteiger partial charge in [-0.05, 0) is 18.6 Å². The molecule has 2 aromatic rings. The molecule has 1 aliphatic heterocycles. The molecule has 1 amide bonds. The lowest BCUT2D eigenvalue weighted by Gasteiger charge is -2.18. The van der Waals surface area contributed by atoms with Gasteiger partial charge in [0.1, 0.15) is 11.6 Å². The average Bonchev–Trinajstić information content (AvgIpc) is 3.01. The second-order valence-corrected chi connectivity index (χ2v) is 5.09. The molecule has 1 aliphatic rings. The molecule has 0 saturated heterocycles. The van der Waals surface area contributed by atoms with Crippen LogP contribution in [0.1, 0.15) is 27.5 Å². The van der Waals surface area contributed by atoms with E-state index in [0.717, 1.165) is 18.5 Å². The first-order chi connectivity index (χ1) is 10.7. The maximum absolute atomic E-state index is 13.8. The molecule has 6 heteroatoms. The number of hydrogen-bond donors (Lipinski definition) is 3. The molecule has 2 heterocycles. The molecule has 22 heavy (non-hydrogen) atoms. The Balaban J connectivity index is 1.84. The van der Waals surface area contributed by atoms with Crippen LogP contribution in [-0.4, -0.2) is 29.1 Å². The van der Waals surface area contributed by atoms with Gasteiger partial charge >= 0.3 is 0 Å². The molecule has 0 saturated carbocycles. The van der Waals surface area contributed by atoms with Crippen LogP contribution < -0.4 is 10.6 Å². The number of nitrogens with zero attached hydrogens (tertiary/aromatic N) is 1. The highest BCUT2D eigenvalue weighted by Crippen LogP contribution is 2.24. The number of pyridine rings is 1. The van der Waals surface area contributed by atoms with E-state index in [4.69, 9.17) is 0 Å². The number of rotatable bonds is 4. The van der Waals surface area contributed by atoms with E-state index in [2.05, 4.69) is 15.6 Å². The van der Waals surface area contributed by atoms with Crippen LogP contribution in [-0.2, 0) is 6.42 Å². The molecule has 1 unspecified atom stereocenters. The fourth-order valence-corrected chi connectivity index (χ4v) is 2.63. The van der Waals surface area contributed by atoms with Crippen LogP contribution >= 0.6 is 0 Å². The Kier molecular flexibility index (Phi) is 4.02. The summed E-state index contributed by atoms with van der Waals surface area (Å²) in [5.41, 5.74) is 1.62. The molecule has 3 rings (SSSR count). The molecule has 114 valence electrons. The number of aliphatic hydroxyl groups excluding tert-OH is 1. The molecule has 0 bridgehead atoms. The summed E-state index contributed by atoms with van der Waals surface area (Å²) in [5, 5.41) is 15.3. The van der Waals surface area contributed by atoms with Gasteiger partial charge in [0.15, 0.2) is 0 Å². The molecule has 5 nitrogen and oxygen atoms in total. The summed E-state index contributed by atoms with van der Waals surface area (Å²) in [6.45, 7) is 0.363. The Bertz CT molecular complexity index is 706.